The van der Waals surface area contributed by atoms with Crippen LogP contribution < -0.4 is 15.4 Å². The fraction of sp³-hybridized carbons (Fsp3) is 0.542. The first-order valence-corrected chi connectivity index (χ1v) is 12.0. The van der Waals surface area contributed by atoms with Crippen molar-refractivity contribution in [2.45, 2.75) is 62.5 Å². The third-order valence-electron chi connectivity index (χ3n) is 7.06. The number of nitrogens with one attached hydrogen (secondary N) is 2. The number of benzene rings is 1. The van der Waals surface area contributed by atoms with Gasteiger partial charge in [0.15, 0.2) is 11.6 Å². The molecule has 10 nitrogen and oxygen atoms in total. The van der Waals surface area contributed by atoms with Gasteiger partial charge in [0, 0.05) is 25.6 Å². The van der Waals surface area contributed by atoms with Crippen LogP contribution in [-0.4, -0.2) is 76.9 Å². The Morgan fingerprint density at radius 3 is 2.56 bits per heavy atom. The monoisotopic (exact) mass is 557 g/mol. The van der Waals surface area contributed by atoms with Crippen molar-refractivity contribution in [3.63, 3.8) is 0 Å². The van der Waals surface area contributed by atoms with Gasteiger partial charge in [-0.05, 0) is 19.3 Å². The Balaban J connectivity index is 1.57. The number of rotatable bonds is 6. The van der Waals surface area contributed by atoms with Gasteiger partial charge in [-0.15, -0.1) is 0 Å². The summed E-state index contributed by atoms with van der Waals surface area (Å²) < 4.78 is 71.6. The number of likely N-dealkylation sites (N-methyl/N-ethyl adjacent to an activating group) is 1. The number of anilines is 1. The van der Waals surface area contributed by atoms with Crippen LogP contribution in [0.4, 0.5) is 27.6 Å². The fourth-order valence-corrected chi connectivity index (χ4v) is 4.78. The van der Waals surface area contributed by atoms with Crippen LogP contribution in [0.3, 0.4) is 0 Å². The predicted molar refractivity (Wildman–Crippen MR) is 122 cm³/mol. The standard InChI is InChI=1S/C24H24F5N5O5/c1-11(31-22(38)24(27,28)29)19(35)33(2)16(5-12-3-4-12)20(36)34-10-23(8-14(34)9-30)21(37)32-18-15(26)6-13(25)7-17(18)39-23/h6-7,11-12,14,16H,3-5,8,10H2,1-2H3,(H,31,38)(H,32,37)/t11-,14-,16-,23+/m0/s1. The van der Waals surface area contributed by atoms with Crippen molar-refractivity contribution in [2.75, 3.05) is 18.9 Å². The maximum absolute atomic E-state index is 14.2. The van der Waals surface area contributed by atoms with Gasteiger partial charge in [0.2, 0.25) is 17.4 Å². The Kier molecular flexibility index (Phi) is 7.18. The predicted octanol–water partition coefficient (Wildman–Crippen LogP) is 1.85. The molecule has 2 fully saturated rings. The maximum Gasteiger partial charge on any atom is 0.471 e. The molecule has 2 aliphatic heterocycles. The first-order valence-electron chi connectivity index (χ1n) is 12.0. The van der Waals surface area contributed by atoms with E-state index in [1.54, 1.807) is 5.32 Å². The summed E-state index contributed by atoms with van der Waals surface area (Å²) in [6.45, 7) is 0.553. The summed E-state index contributed by atoms with van der Waals surface area (Å²) in [5.74, 6) is -7.25. The zero-order chi connectivity index (χ0) is 28.9. The highest BCUT2D eigenvalue weighted by atomic mass is 19.4. The van der Waals surface area contributed by atoms with Gasteiger partial charge in [0.05, 0.1) is 12.6 Å². The topological polar surface area (TPSA) is 132 Å². The maximum atomic E-state index is 14.2. The fourth-order valence-electron chi connectivity index (χ4n) is 4.78. The van der Waals surface area contributed by atoms with Crippen molar-refractivity contribution in [1.29, 1.82) is 5.26 Å². The van der Waals surface area contributed by atoms with Crippen LogP contribution in [0.1, 0.15) is 32.6 Å². The zero-order valence-electron chi connectivity index (χ0n) is 20.8. The van der Waals surface area contributed by atoms with E-state index in [1.165, 1.54) is 7.05 Å². The molecule has 0 aromatic heterocycles. The largest absolute Gasteiger partial charge is 0.473 e. The number of alkyl halides is 3. The van der Waals surface area contributed by atoms with E-state index in [2.05, 4.69) is 5.32 Å². The summed E-state index contributed by atoms with van der Waals surface area (Å²) in [6.07, 6.45) is -3.93. The Hall–Kier alpha value is -3.96. The number of fused-ring (bicyclic) bond motifs is 1. The number of hydrogen-bond acceptors (Lipinski definition) is 6. The molecule has 4 atom stereocenters. The molecule has 3 aliphatic rings. The highest BCUT2D eigenvalue weighted by Gasteiger charge is 2.57. The van der Waals surface area contributed by atoms with Gasteiger partial charge in [-0.25, -0.2) is 8.78 Å². The lowest BCUT2D eigenvalue weighted by Gasteiger charge is -2.36. The third-order valence-corrected chi connectivity index (χ3v) is 7.06. The molecule has 210 valence electrons. The highest BCUT2D eigenvalue weighted by molar-refractivity contribution is 6.02. The van der Waals surface area contributed by atoms with Gasteiger partial charge in [-0.2, -0.15) is 18.4 Å². The first-order chi connectivity index (χ1) is 18.2. The van der Waals surface area contributed by atoms with E-state index in [-0.39, 0.29) is 24.5 Å². The summed E-state index contributed by atoms with van der Waals surface area (Å²) in [7, 11) is 1.20. The van der Waals surface area contributed by atoms with Crippen molar-refractivity contribution in [2.24, 2.45) is 5.92 Å². The van der Waals surface area contributed by atoms with E-state index >= 15 is 0 Å². The SMILES string of the molecule is C[C@H](NC(=O)C(F)(F)F)C(=O)N(C)[C@@H](CC1CC1)C(=O)N1C[C@@]2(C[C@H]1C#N)Oc1cc(F)cc(F)c1NC2=O. The van der Waals surface area contributed by atoms with E-state index in [0.717, 1.165) is 35.6 Å². The average Bonchev–Trinajstić information content (AvgIpc) is 3.60. The molecule has 1 saturated heterocycles. The molecule has 0 bridgehead atoms. The number of likely N-dealkylation sites (tertiary alicyclic amines) is 1. The number of nitrogens with zero attached hydrogens (tertiary/aromatic N) is 3. The average molecular weight is 557 g/mol. The molecule has 1 saturated carbocycles. The van der Waals surface area contributed by atoms with Crippen molar-refractivity contribution >= 4 is 29.3 Å². The molecule has 1 aromatic carbocycles. The highest BCUT2D eigenvalue weighted by Crippen LogP contribution is 2.42. The molecule has 1 spiro atoms. The van der Waals surface area contributed by atoms with Crippen LogP contribution >= 0.6 is 0 Å². The summed E-state index contributed by atoms with van der Waals surface area (Å²) in [4.78, 5) is 52.9. The lowest BCUT2D eigenvalue weighted by atomic mass is 9.97. The minimum Gasteiger partial charge on any atom is -0.473 e. The van der Waals surface area contributed by atoms with Crippen LogP contribution in [0.15, 0.2) is 12.1 Å². The van der Waals surface area contributed by atoms with Crippen molar-refractivity contribution < 1.29 is 45.9 Å². The molecule has 0 radical (unpaired) electrons. The first kappa shape index (κ1) is 28.1. The summed E-state index contributed by atoms with van der Waals surface area (Å²) >= 11 is 0. The minimum absolute atomic E-state index is 0.0402. The lowest BCUT2D eigenvalue weighted by Crippen LogP contribution is -2.57. The molecule has 2 N–H and O–H groups in total. The number of amides is 4. The normalized spacial score (nSPS) is 23.7. The summed E-state index contributed by atoms with van der Waals surface area (Å²) in [5.41, 5.74) is -2.25. The Bertz CT molecular complexity index is 1260. The third kappa shape index (κ3) is 5.45. The molecule has 4 rings (SSSR count). The van der Waals surface area contributed by atoms with Crippen LogP contribution in [-0.2, 0) is 19.2 Å². The van der Waals surface area contributed by atoms with Gasteiger partial charge in [-0.1, -0.05) is 12.8 Å². The van der Waals surface area contributed by atoms with Crippen molar-refractivity contribution in [1.82, 2.24) is 15.1 Å². The number of carbonyl (C=O) groups excluding carboxylic acids is 4. The van der Waals surface area contributed by atoms with Crippen LogP contribution in [0, 0.1) is 28.9 Å². The summed E-state index contributed by atoms with van der Waals surface area (Å²) in [6, 6.07) is -0.768. The van der Waals surface area contributed by atoms with E-state index in [0.29, 0.717) is 6.07 Å². The van der Waals surface area contributed by atoms with Crippen LogP contribution in [0.25, 0.3) is 0 Å². The summed E-state index contributed by atoms with van der Waals surface area (Å²) in [5, 5.41) is 13.6. The van der Waals surface area contributed by atoms with Gasteiger partial charge in [0.1, 0.15) is 29.6 Å². The number of carbonyl (C=O) groups is 4. The van der Waals surface area contributed by atoms with Gasteiger partial charge in [-0.3, -0.25) is 19.2 Å². The minimum atomic E-state index is -5.22. The second-order valence-electron chi connectivity index (χ2n) is 9.96. The number of hydrogen-bond donors (Lipinski definition) is 2. The smallest absolute Gasteiger partial charge is 0.471 e. The lowest BCUT2D eigenvalue weighted by molar-refractivity contribution is -0.175. The molecule has 39 heavy (non-hydrogen) atoms. The molecule has 4 amide bonds. The number of ether oxygens (including phenoxy) is 1. The second kappa shape index (κ2) is 9.97. The number of nitriles is 1. The van der Waals surface area contributed by atoms with E-state index in [9.17, 15) is 46.4 Å². The molecule has 15 heteroatoms. The Morgan fingerprint density at radius 2 is 1.97 bits per heavy atom. The van der Waals surface area contributed by atoms with Crippen molar-refractivity contribution in [3.05, 3.63) is 23.8 Å². The quantitative estimate of drug-likeness (QED) is 0.514. The molecule has 0 unspecified atom stereocenters. The van der Waals surface area contributed by atoms with Crippen molar-refractivity contribution in [3.8, 4) is 11.8 Å². The van der Waals surface area contributed by atoms with Gasteiger partial charge in [0.25, 0.3) is 5.91 Å². The van der Waals surface area contributed by atoms with Gasteiger partial charge >= 0.3 is 12.1 Å². The van der Waals surface area contributed by atoms with Crippen LogP contribution in [0.5, 0.6) is 5.75 Å². The van der Waals surface area contributed by atoms with Gasteiger partial charge < -0.3 is 25.2 Å². The van der Waals surface area contributed by atoms with E-state index in [4.69, 9.17) is 4.74 Å². The Labute approximate surface area is 219 Å². The molecule has 1 aliphatic carbocycles. The van der Waals surface area contributed by atoms with E-state index in [1.807, 2.05) is 6.07 Å². The number of halogens is 5. The second-order valence-corrected chi connectivity index (χ2v) is 9.96. The molecule has 1 aromatic rings. The zero-order valence-corrected chi connectivity index (χ0v) is 20.8. The van der Waals surface area contributed by atoms with Crippen LogP contribution in [0.2, 0.25) is 0 Å². The molecular formula is C24H24F5N5O5. The Morgan fingerprint density at radius 1 is 1.31 bits per heavy atom. The molecule has 2 heterocycles. The molecular weight excluding hydrogens is 533 g/mol. The van der Waals surface area contributed by atoms with E-state index < -0.39 is 77.4 Å².